The standard InChI is InChI=1S/C18H21BrClN3O2S/c19-17-3-1-2-4-18(17)26(24,25)21-9-10-22-11-13-23(14-12-22)16-7-5-15(20)6-8-16/h1-8,21H,9-14H2. The van der Waals surface area contributed by atoms with Crippen molar-refractivity contribution in [2.24, 2.45) is 0 Å². The Labute approximate surface area is 168 Å². The third kappa shape index (κ3) is 4.98. The van der Waals surface area contributed by atoms with Crippen molar-refractivity contribution >= 4 is 43.2 Å². The number of rotatable bonds is 6. The average molecular weight is 459 g/mol. The Kier molecular flexibility index (Phi) is 6.58. The van der Waals surface area contributed by atoms with Gasteiger partial charge in [-0.15, -0.1) is 0 Å². The summed E-state index contributed by atoms with van der Waals surface area (Å²) in [5, 5.41) is 0.740. The monoisotopic (exact) mass is 457 g/mol. The predicted molar refractivity (Wildman–Crippen MR) is 109 cm³/mol. The molecule has 1 aliphatic heterocycles. The van der Waals surface area contributed by atoms with Gasteiger partial charge in [0.05, 0.1) is 4.90 Å². The lowest BCUT2D eigenvalue weighted by Crippen LogP contribution is -2.48. The van der Waals surface area contributed by atoms with E-state index in [1.807, 2.05) is 24.3 Å². The first-order valence-electron chi connectivity index (χ1n) is 8.43. The van der Waals surface area contributed by atoms with Crippen LogP contribution in [0.1, 0.15) is 0 Å². The summed E-state index contributed by atoms with van der Waals surface area (Å²) in [6, 6.07) is 14.7. The molecule has 5 nitrogen and oxygen atoms in total. The predicted octanol–water partition coefficient (Wildman–Crippen LogP) is 3.20. The molecule has 0 amide bonds. The fourth-order valence-electron chi connectivity index (χ4n) is 2.96. The molecule has 3 rings (SSSR count). The van der Waals surface area contributed by atoms with E-state index in [2.05, 4.69) is 30.5 Å². The molecule has 1 fully saturated rings. The first-order chi connectivity index (χ1) is 12.5. The summed E-state index contributed by atoms with van der Waals surface area (Å²) in [6.07, 6.45) is 0. The maximum absolute atomic E-state index is 12.4. The van der Waals surface area contributed by atoms with Crippen LogP contribution in [0.3, 0.4) is 0 Å². The lowest BCUT2D eigenvalue weighted by atomic mass is 10.2. The summed E-state index contributed by atoms with van der Waals surface area (Å²) >= 11 is 9.23. The minimum absolute atomic E-state index is 0.271. The molecule has 0 aromatic heterocycles. The quantitative estimate of drug-likeness (QED) is 0.722. The maximum atomic E-state index is 12.4. The van der Waals surface area contributed by atoms with Crippen molar-refractivity contribution in [3.8, 4) is 0 Å². The van der Waals surface area contributed by atoms with Crippen LogP contribution < -0.4 is 9.62 Å². The highest BCUT2D eigenvalue weighted by Crippen LogP contribution is 2.21. The van der Waals surface area contributed by atoms with Gasteiger partial charge in [-0.2, -0.15) is 0 Å². The van der Waals surface area contributed by atoms with Crippen molar-refractivity contribution in [2.45, 2.75) is 4.90 Å². The van der Waals surface area contributed by atoms with Crippen LogP contribution in [0.2, 0.25) is 5.02 Å². The average Bonchev–Trinajstić information content (AvgIpc) is 2.63. The van der Waals surface area contributed by atoms with Gasteiger partial charge in [0.15, 0.2) is 0 Å². The molecule has 0 saturated carbocycles. The summed E-state index contributed by atoms with van der Waals surface area (Å²) in [5.41, 5.74) is 1.17. The highest BCUT2D eigenvalue weighted by atomic mass is 79.9. The van der Waals surface area contributed by atoms with Gasteiger partial charge in [0, 0.05) is 54.5 Å². The van der Waals surface area contributed by atoms with Crippen LogP contribution in [0.4, 0.5) is 5.69 Å². The number of nitrogens with one attached hydrogen (secondary N) is 1. The Bertz CT molecular complexity index is 838. The topological polar surface area (TPSA) is 52.7 Å². The minimum atomic E-state index is -3.50. The van der Waals surface area contributed by atoms with Crippen LogP contribution in [0.15, 0.2) is 57.9 Å². The summed E-state index contributed by atoms with van der Waals surface area (Å²) in [4.78, 5) is 4.86. The van der Waals surface area contributed by atoms with E-state index in [-0.39, 0.29) is 4.90 Å². The first kappa shape index (κ1) is 19.6. The number of hydrogen-bond donors (Lipinski definition) is 1. The fourth-order valence-corrected chi connectivity index (χ4v) is 5.11. The van der Waals surface area contributed by atoms with Gasteiger partial charge in [-0.25, -0.2) is 13.1 Å². The van der Waals surface area contributed by atoms with Crippen LogP contribution in [0.25, 0.3) is 0 Å². The van der Waals surface area contributed by atoms with E-state index in [0.29, 0.717) is 17.6 Å². The van der Waals surface area contributed by atoms with E-state index in [0.717, 1.165) is 31.2 Å². The Morgan fingerprint density at radius 1 is 1.00 bits per heavy atom. The van der Waals surface area contributed by atoms with Crippen molar-refractivity contribution in [2.75, 3.05) is 44.2 Å². The molecule has 0 unspecified atom stereocenters. The number of hydrogen-bond acceptors (Lipinski definition) is 4. The minimum Gasteiger partial charge on any atom is -0.369 e. The Balaban J connectivity index is 1.47. The van der Waals surface area contributed by atoms with Gasteiger partial charge in [-0.05, 0) is 52.3 Å². The molecule has 0 spiro atoms. The second-order valence-electron chi connectivity index (χ2n) is 6.13. The van der Waals surface area contributed by atoms with E-state index in [1.165, 1.54) is 5.69 Å². The number of piperazine rings is 1. The number of benzene rings is 2. The molecule has 0 bridgehead atoms. The third-order valence-electron chi connectivity index (χ3n) is 4.41. The summed E-state index contributed by atoms with van der Waals surface area (Å²) in [5.74, 6) is 0. The molecule has 1 saturated heterocycles. The van der Waals surface area contributed by atoms with E-state index in [1.54, 1.807) is 24.3 Å². The molecule has 0 aliphatic carbocycles. The summed E-state index contributed by atoms with van der Waals surface area (Å²) < 4.78 is 28.0. The number of nitrogens with zero attached hydrogens (tertiary/aromatic N) is 2. The number of sulfonamides is 1. The van der Waals surface area contributed by atoms with Crippen molar-refractivity contribution in [1.29, 1.82) is 0 Å². The van der Waals surface area contributed by atoms with Gasteiger partial charge in [0.1, 0.15) is 0 Å². The zero-order valence-corrected chi connectivity index (χ0v) is 17.4. The van der Waals surface area contributed by atoms with Gasteiger partial charge >= 0.3 is 0 Å². The molecule has 2 aromatic carbocycles. The molecule has 0 atom stereocenters. The van der Waals surface area contributed by atoms with Crippen molar-refractivity contribution < 1.29 is 8.42 Å². The van der Waals surface area contributed by atoms with Crippen LogP contribution in [-0.4, -0.2) is 52.6 Å². The molecule has 26 heavy (non-hydrogen) atoms. The molecular weight excluding hydrogens is 438 g/mol. The third-order valence-corrected chi connectivity index (χ3v) is 7.14. The van der Waals surface area contributed by atoms with Gasteiger partial charge in [0.25, 0.3) is 0 Å². The zero-order chi connectivity index (χ0) is 18.6. The second-order valence-corrected chi connectivity index (χ2v) is 9.16. The van der Waals surface area contributed by atoms with Crippen LogP contribution in [-0.2, 0) is 10.0 Å². The first-order valence-corrected chi connectivity index (χ1v) is 11.1. The Hall–Kier alpha value is -1.12. The van der Waals surface area contributed by atoms with Gasteiger partial charge in [-0.3, -0.25) is 4.90 Å². The Morgan fingerprint density at radius 2 is 1.65 bits per heavy atom. The molecule has 1 N–H and O–H groups in total. The van der Waals surface area contributed by atoms with Crippen LogP contribution in [0, 0.1) is 0 Å². The fraction of sp³-hybridized carbons (Fsp3) is 0.333. The zero-order valence-electron chi connectivity index (χ0n) is 14.2. The van der Waals surface area contributed by atoms with Gasteiger partial charge in [0.2, 0.25) is 10.0 Å². The summed E-state index contributed by atoms with van der Waals surface area (Å²) in [6.45, 7) is 4.72. The second kappa shape index (κ2) is 8.71. The van der Waals surface area contributed by atoms with E-state index in [4.69, 9.17) is 11.6 Å². The molecular formula is C18H21BrClN3O2S. The van der Waals surface area contributed by atoms with Crippen molar-refractivity contribution in [3.63, 3.8) is 0 Å². The van der Waals surface area contributed by atoms with Crippen LogP contribution >= 0.6 is 27.5 Å². The molecule has 140 valence electrons. The largest absolute Gasteiger partial charge is 0.369 e. The number of halogens is 2. The Morgan fingerprint density at radius 3 is 2.31 bits per heavy atom. The van der Waals surface area contributed by atoms with E-state index < -0.39 is 10.0 Å². The SMILES string of the molecule is O=S(=O)(NCCN1CCN(c2ccc(Cl)cc2)CC1)c1ccccc1Br. The molecule has 0 radical (unpaired) electrons. The van der Waals surface area contributed by atoms with Crippen molar-refractivity contribution in [3.05, 3.63) is 58.0 Å². The lowest BCUT2D eigenvalue weighted by Gasteiger charge is -2.36. The van der Waals surface area contributed by atoms with Crippen molar-refractivity contribution in [1.82, 2.24) is 9.62 Å². The normalized spacial score (nSPS) is 16.0. The van der Waals surface area contributed by atoms with Gasteiger partial charge < -0.3 is 4.90 Å². The molecule has 1 aliphatic rings. The smallest absolute Gasteiger partial charge is 0.241 e. The van der Waals surface area contributed by atoms with Gasteiger partial charge in [-0.1, -0.05) is 23.7 Å². The maximum Gasteiger partial charge on any atom is 0.241 e. The highest BCUT2D eigenvalue weighted by Gasteiger charge is 2.19. The van der Waals surface area contributed by atoms with E-state index >= 15 is 0 Å². The molecule has 8 heteroatoms. The van der Waals surface area contributed by atoms with Crippen LogP contribution in [0.5, 0.6) is 0 Å². The molecule has 1 heterocycles. The highest BCUT2D eigenvalue weighted by molar-refractivity contribution is 9.10. The lowest BCUT2D eigenvalue weighted by molar-refractivity contribution is 0.262. The number of anilines is 1. The molecule has 2 aromatic rings. The summed E-state index contributed by atoms with van der Waals surface area (Å²) in [7, 11) is -3.50. The van der Waals surface area contributed by atoms with E-state index in [9.17, 15) is 8.42 Å².